The van der Waals surface area contributed by atoms with Gasteiger partial charge in [0.05, 0.1) is 11.4 Å². The SMILES string of the molecule is C#CCN(CC)S(=O)(=O)c1cc(CNCC)ccc1C. The summed E-state index contributed by atoms with van der Waals surface area (Å²) in [5.74, 6) is 2.40. The summed E-state index contributed by atoms with van der Waals surface area (Å²) >= 11 is 0. The molecule has 0 amide bonds. The van der Waals surface area contributed by atoms with Gasteiger partial charge in [0, 0.05) is 13.1 Å². The molecule has 0 atom stereocenters. The van der Waals surface area contributed by atoms with Gasteiger partial charge in [-0.05, 0) is 30.7 Å². The van der Waals surface area contributed by atoms with E-state index in [4.69, 9.17) is 6.42 Å². The zero-order valence-corrected chi connectivity index (χ0v) is 13.1. The van der Waals surface area contributed by atoms with Crippen molar-refractivity contribution in [2.45, 2.75) is 32.2 Å². The molecule has 1 rings (SSSR count). The lowest BCUT2D eigenvalue weighted by molar-refractivity contribution is 0.463. The fourth-order valence-corrected chi connectivity index (χ4v) is 3.55. The molecule has 0 aliphatic carbocycles. The highest BCUT2D eigenvalue weighted by atomic mass is 32.2. The van der Waals surface area contributed by atoms with Crippen molar-refractivity contribution < 1.29 is 8.42 Å². The third kappa shape index (κ3) is 3.83. The first-order valence-electron chi connectivity index (χ1n) is 6.71. The Labute approximate surface area is 122 Å². The van der Waals surface area contributed by atoms with Crippen LogP contribution in [0.1, 0.15) is 25.0 Å². The highest BCUT2D eigenvalue weighted by molar-refractivity contribution is 7.89. The van der Waals surface area contributed by atoms with Crippen molar-refractivity contribution in [2.24, 2.45) is 0 Å². The van der Waals surface area contributed by atoms with Gasteiger partial charge in [0.25, 0.3) is 0 Å². The van der Waals surface area contributed by atoms with Crippen molar-refractivity contribution in [1.29, 1.82) is 0 Å². The van der Waals surface area contributed by atoms with E-state index in [1.807, 2.05) is 19.1 Å². The predicted octanol–water partition coefficient (Wildman–Crippen LogP) is 1.75. The number of aryl methyl sites for hydroxylation is 1. The molecule has 1 N–H and O–H groups in total. The Morgan fingerprint density at radius 2 is 2.05 bits per heavy atom. The van der Waals surface area contributed by atoms with Crippen molar-refractivity contribution in [3.8, 4) is 12.3 Å². The summed E-state index contributed by atoms with van der Waals surface area (Å²) in [6.07, 6.45) is 5.25. The van der Waals surface area contributed by atoms with E-state index < -0.39 is 10.0 Å². The zero-order chi connectivity index (χ0) is 15.2. The number of terminal acetylenes is 1. The van der Waals surface area contributed by atoms with Crippen LogP contribution in [0.2, 0.25) is 0 Å². The summed E-state index contributed by atoms with van der Waals surface area (Å²) in [4.78, 5) is 0.338. The van der Waals surface area contributed by atoms with E-state index in [0.717, 1.165) is 17.7 Å². The van der Waals surface area contributed by atoms with E-state index in [1.165, 1.54) is 4.31 Å². The molecule has 1 aromatic rings. The molecule has 110 valence electrons. The second-order valence-electron chi connectivity index (χ2n) is 4.52. The summed E-state index contributed by atoms with van der Waals surface area (Å²) in [5, 5.41) is 3.19. The normalized spacial score (nSPS) is 11.6. The number of hydrogen-bond donors (Lipinski definition) is 1. The Morgan fingerprint density at radius 1 is 1.35 bits per heavy atom. The smallest absolute Gasteiger partial charge is 0.244 e. The summed E-state index contributed by atoms with van der Waals surface area (Å²) in [7, 11) is -3.53. The molecule has 20 heavy (non-hydrogen) atoms. The summed E-state index contributed by atoms with van der Waals surface area (Å²) < 4.78 is 26.5. The molecule has 0 unspecified atom stereocenters. The summed E-state index contributed by atoms with van der Waals surface area (Å²) in [5.41, 5.74) is 1.69. The van der Waals surface area contributed by atoms with Crippen molar-refractivity contribution >= 4 is 10.0 Å². The third-order valence-corrected chi connectivity index (χ3v) is 5.13. The first kappa shape index (κ1) is 16.7. The number of nitrogens with zero attached hydrogens (tertiary/aromatic N) is 1. The van der Waals surface area contributed by atoms with Crippen LogP contribution >= 0.6 is 0 Å². The molecule has 0 radical (unpaired) electrons. The predicted molar refractivity (Wildman–Crippen MR) is 81.8 cm³/mol. The van der Waals surface area contributed by atoms with Crippen molar-refractivity contribution in [1.82, 2.24) is 9.62 Å². The number of nitrogens with one attached hydrogen (secondary N) is 1. The average molecular weight is 294 g/mol. The first-order chi connectivity index (χ1) is 9.47. The van der Waals surface area contributed by atoms with Crippen LogP contribution in [0.3, 0.4) is 0 Å². The standard InChI is InChI=1S/C15H22N2O2S/c1-5-10-17(7-3)20(18,19)15-11-14(12-16-6-2)9-8-13(15)4/h1,8-9,11,16H,6-7,10,12H2,2-4H3. The average Bonchev–Trinajstić information content (AvgIpc) is 2.43. The van der Waals surface area contributed by atoms with Crippen molar-refractivity contribution in [2.75, 3.05) is 19.6 Å². The Hall–Kier alpha value is -1.35. The maximum absolute atomic E-state index is 12.6. The summed E-state index contributed by atoms with van der Waals surface area (Å²) in [6.45, 7) is 7.55. The van der Waals surface area contributed by atoms with E-state index in [1.54, 1.807) is 19.9 Å². The molecule has 0 spiro atoms. The van der Waals surface area contributed by atoms with E-state index in [9.17, 15) is 8.42 Å². The highest BCUT2D eigenvalue weighted by Gasteiger charge is 2.24. The van der Waals surface area contributed by atoms with E-state index in [2.05, 4.69) is 11.2 Å². The maximum Gasteiger partial charge on any atom is 0.244 e. The molecule has 1 aromatic carbocycles. The Balaban J connectivity index is 3.19. The van der Waals surface area contributed by atoms with E-state index in [0.29, 0.717) is 18.0 Å². The van der Waals surface area contributed by atoms with Gasteiger partial charge in [-0.25, -0.2) is 8.42 Å². The second-order valence-corrected chi connectivity index (χ2v) is 6.42. The number of benzene rings is 1. The van der Waals surface area contributed by atoms with Gasteiger partial charge >= 0.3 is 0 Å². The van der Waals surface area contributed by atoms with Crippen molar-refractivity contribution in [3.63, 3.8) is 0 Å². The van der Waals surface area contributed by atoms with Crippen LogP contribution in [0.4, 0.5) is 0 Å². The molecule has 0 fully saturated rings. The molecule has 5 heteroatoms. The van der Waals surface area contributed by atoms with Crippen LogP contribution < -0.4 is 5.32 Å². The molecule has 0 heterocycles. The van der Waals surface area contributed by atoms with Gasteiger partial charge in [-0.3, -0.25) is 0 Å². The molecule has 0 aliphatic heterocycles. The zero-order valence-electron chi connectivity index (χ0n) is 12.3. The van der Waals surface area contributed by atoms with Gasteiger partial charge in [-0.1, -0.05) is 31.9 Å². The number of hydrogen-bond acceptors (Lipinski definition) is 3. The van der Waals surface area contributed by atoms with Gasteiger partial charge in [0.1, 0.15) is 0 Å². The molecular formula is C15H22N2O2S. The molecule has 0 saturated heterocycles. The Bertz CT molecular complexity index is 588. The van der Waals surface area contributed by atoms with Gasteiger partial charge < -0.3 is 5.32 Å². The van der Waals surface area contributed by atoms with Crippen LogP contribution in [-0.2, 0) is 16.6 Å². The van der Waals surface area contributed by atoms with E-state index >= 15 is 0 Å². The fourth-order valence-electron chi connectivity index (χ4n) is 1.91. The Morgan fingerprint density at radius 3 is 2.60 bits per heavy atom. The maximum atomic E-state index is 12.6. The van der Waals surface area contributed by atoms with Gasteiger partial charge in [-0.2, -0.15) is 4.31 Å². The molecule has 4 nitrogen and oxygen atoms in total. The Kier molecular flexibility index (Phi) is 6.21. The second kappa shape index (κ2) is 7.44. The van der Waals surface area contributed by atoms with Crippen LogP contribution in [0.15, 0.2) is 23.1 Å². The lowest BCUT2D eigenvalue weighted by atomic mass is 10.1. The molecule has 0 bridgehead atoms. The lowest BCUT2D eigenvalue weighted by Crippen LogP contribution is -2.31. The van der Waals surface area contributed by atoms with Crippen LogP contribution in [0.5, 0.6) is 0 Å². The van der Waals surface area contributed by atoms with Gasteiger partial charge in [-0.15, -0.1) is 6.42 Å². The lowest BCUT2D eigenvalue weighted by Gasteiger charge is -2.19. The van der Waals surface area contributed by atoms with E-state index in [-0.39, 0.29) is 6.54 Å². The third-order valence-electron chi connectivity index (χ3n) is 3.07. The molecular weight excluding hydrogens is 272 g/mol. The topological polar surface area (TPSA) is 49.4 Å². The van der Waals surface area contributed by atoms with Crippen molar-refractivity contribution in [3.05, 3.63) is 29.3 Å². The number of rotatable bonds is 7. The molecule has 0 saturated carbocycles. The first-order valence-corrected chi connectivity index (χ1v) is 8.15. The minimum atomic E-state index is -3.53. The quantitative estimate of drug-likeness (QED) is 0.779. The number of sulfonamides is 1. The molecule has 0 aliphatic rings. The minimum absolute atomic E-state index is 0.0930. The minimum Gasteiger partial charge on any atom is -0.313 e. The largest absolute Gasteiger partial charge is 0.313 e. The van der Waals surface area contributed by atoms with Crippen LogP contribution in [0.25, 0.3) is 0 Å². The van der Waals surface area contributed by atoms with Crippen LogP contribution in [-0.4, -0.2) is 32.4 Å². The van der Waals surface area contributed by atoms with Gasteiger partial charge in [0.15, 0.2) is 0 Å². The monoisotopic (exact) mass is 294 g/mol. The molecule has 0 aromatic heterocycles. The van der Waals surface area contributed by atoms with Gasteiger partial charge in [0.2, 0.25) is 10.0 Å². The summed E-state index contributed by atoms with van der Waals surface area (Å²) in [6, 6.07) is 5.50. The highest BCUT2D eigenvalue weighted by Crippen LogP contribution is 2.21. The fraction of sp³-hybridized carbons (Fsp3) is 0.467. The van der Waals surface area contributed by atoms with Crippen LogP contribution in [0, 0.1) is 19.3 Å².